The number of carbonyl (C=O) groups excluding carboxylic acids is 1. The van der Waals surface area contributed by atoms with E-state index < -0.39 is 37.1 Å². The third kappa shape index (κ3) is 5.21. The van der Waals surface area contributed by atoms with Crippen molar-refractivity contribution in [3.05, 3.63) is 0 Å². The van der Waals surface area contributed by atoms with Crippen LogP contribution in [0.15, 0.2) is 0 Å². The van der Waals surface area contributed by atoms with Gasteiger partial charge in [0.15, 0.2) is 0 Å². The first-order chi connectivity index (χ1) is 6.64. The highest BCUT2D eigenvalue weighted by molar-refractivity contribution is 5.81. The summed E-state index contributed by atoms with van der Waals surface area (Å²) in [6.07, 6.45) is -7.24. The third-order valence-corrected chi connectivity index (χ3v) is 1.48. The van der Waals surface area contributed by atoms with E-state index in [1.165, 1.54) is 0 Å². The van der Waals surface area contributed by atoms with E-state index in [1.807, 2.05) is 0 Å². The first kappa shape index (κ1) is 13.7. The molecule has 0 aromatic rings. The molecule has 0 radical (unpaired) electrons. The molecule has 0 aliphatic heterocycles. The number of nitrogens with zero attached hydrogens (tertiary/aromatic N) is 1. The maximum atomic E-state index is 11.8. The van der Waals surface area contributed by atoms with Gasteiger partial charge < -0.3 is 15.1 Å². The predicted molar refractivity (Wildman–Crippen MR) is 42.0 cm³/mol. The summed E-state index contributed by atoms with van der Waals surface area (Å²) in [6.45, 7) is -0.676. The van der Waals surface area contributed by atoms with Gasteiger partial charge in [-0.1, -0.05) is 0 Å². The van der Waals surface area contributed by atoms with E-state index in [9.17, 15) is 22.8 Å². The number of carboxylic acid groups (broad SMARTS) is 1. The average molecular weight is 229 g/mol. The summed E-state index contributed by atoms with van der Waals surface area (Å²) in [5, 5.41) is 17.2. The zero-order valence-corrected chi connectivity index (χ0v) is 7.78. The van der Waals surface area contributed by atoms with Gasteiger partial charge in [0.05, 0.1) is 12.5 Å². The van der Waals surface area contributed by atoms with E-state index in [1.54, 1.807) is 0 Å². The van der Waals surface area contributed by atoms with Crippen LogP contribution in [0.1, 0.15) is 6.42 Å². The number of aliphatic hydroxyl groups is 1. The Hall–Kier alpha value is -1.31. The summed E-state index contributed by atoms with van der Waals surface area (Å²) in [5.41, 5.74) is 0. The van der Waals surface area contributed by atoms with Crippen molar-refractivity contribution in [2.75, 3.05) is 13.6 Å². The molecule has 5 nitrogen and oxygen atoms in total. The molecule has 2 N–H and O–H groups in total. The predicted octanol–water partition coefficient (Wildman–Crippen LogP) is -0.157. The summed E-state index contributed by atoms with van der Waals surface area (Å²) in [5.74, 6) is -3.47. The van der Waals surface area contributed by atoms with Crippen molar-refractivity contribution in [3.8, 4) is 0 Å². The lowest BCUT2D eigenvalue weighted by Gasteiger charge is -2.20. The number of rotatable bonds is 4. The van der Waals surface area contributed by atoms with E-state index in [-0.39, 0.29) is 4.90 Å². The highest BCUT2D eigenvalue weighted by Gasteiger charge is 2.41. The van der Waals surface area contributed by atoms with Gasteiger partial charge in [-0.15, -0.1) is 0 Å². The molecule has 1 atom stereocenters. The number of hydrogen-bond donors (Lipinski definition) is 2. The van der Waals surface area contributed by atoms with Crippen molar-refractivity contribution in [2.24, 2.45) is 0 Å². The lowest BCUT2D eigenvalue weighted by Crippen LogP contribution is -2.42. The van der Waals surface area contributed by atoms with E-state index in [4.69, 9.17) is 10.2 Å². The number of likely N-dealkylation sites (N-methyl/N-ethyl adjacent to an activating group) is 1. The topological polar surface area (TPSA) is 77.8 Å². The number of alkyl halides is 3. The molecule has 0 saturated carbocycles. The van der Waals surface area contributed by atoms with Crippen molar-refractivity contribution in [1.29, 1.82) is 0 Å². The SMILES string of the molecule is CN(CC(O)CC(=O)O)C(=O)C(F)(F)F. The third-order valence-electron chi connectivity index (χ3n) is 1.48. The Balaban J connectivity index is 4.19. The van der Waals surface area contributed by atoms with Gasteiger partial charge >= 0.3 is 18.1 Å². The molecule has 0 aromatic carbocycles. The summed E-state index contributed by atoms with van der Waals surface area (Å²) in [7, 11) is 0.834. The Labute approximate surface area is 83.1 Å². The lowest BCUT2D eigenvalue weighted by atomic mass is 10.2. The molecule has 0 aromatic heterocycles. The largest absolute Gasteiger partial charge is 0.481 e. The number of hydrogen-bond acceptors (Lipinski definition) is 3. The van der Waals surface area contributed by atoms with Crippen LogP contribution < -0.4 is 0 Å². The molecule has 8 heteroatoms. The second-order valence-corrected chi connectivity index (χ2v) is 2.94. The van der Waals surface area contributed by atoms with Gasteiger partial charge in [-0.2, -0.15) is 13.2 Å². The summed E-state index contributed by atoms with van der Waals surface area (Å²) in [6, 6.07) is 0. The molecule has 0 bridgehead atoms. The Kier molecular flexibility index (Phi) is 4.53. The summed E-state index contributed by atoms with van der Waals surface area (Å²) >= 11 is 0. The van der Waals surface area contributed by atoms with Crippen molar-refractivity contribution in [3.63, 3.8) is 0 Å². The van der Waals surface area contributed by atoms with E-state index in [0.717, 1.165) is 7.05 Å². The number of amides is 1. The van der Waals surface area contributed by atoms with E-state index in [0.29, 0.717) is 0 Å². The molecule has 0 fully saturated rings. The molecular weight excluding hydrogens is 219 g/mol. The van der Waals surface area contributed by atoms with Crippen LogP contribution in [0.5, 0.6) is 0 Å². The van der Waals surface area contributed by atoms with Crippen LogP contribution in [-0.2, 0) is 9.59 Å². The fraction of sp³-hybridized carbons (Fsp3) is 0.714. The molecule has 1 amide bonds. The number of aliphatic carboxylic acids is 1. The molecule has 0 rings (SSSR count). The van der Waals surface area contributed by atoms with E-state index in [2.05, 4.69) is 0 Å². The molecule has 0 aliphatic carbocycles. The van der Waals surface area contributed by atoms with Crippen LogP contribution in [0.3, 0.4) is 0 Å². The van der Waals surface area contributed by atoms with Gasteiger partial charge in [-0.25, -0.2) is 0 Å². The average Bonchev–Trinajstić information content (AvgIpc) is 1.99. The molecule has 0 heterocycles. The monoisotopic (exact) mass is 229 g/mol. The quantitative estimate of drug-likeness (QED) is 0.702. The van der Waals surface area contributed by atoms with Gasteiger partial charge in [0.1, 0.15) is 0 Å². The minimum absolute atomic E-state index is 0.230. The van der Waals surface area contributed by atoms with Crippen LogP contribution in [0, 0.1) is 0 Å². The standard InChI is InChI=1S/C7H10F3NO4/c1-11(6(15)7(8,9)10)3-4(12)2-5(13)14/h4,12H,2-3H2,1H3,(H,13,14). The van der Waals surface area contributed by atoms with Crippen molar-refractivity contribution in [1.82, 2.24) is 4.90 Å². The van der Waals surface area contributed by atoms with Crippen LogP contribution in [0.4, 0.5) is 13.2 Å². The molecular formula is C7H10F3NO4. The molecule has 15 heavy (non-hydrogen) atoms. The van der Waals surface area contributed by atoms with E-state index >= 15 is 0 Å². The van der Waals surface area contributed by atoms with Gasteiger partial charge in [-0.05, 0) is 0 Å². The molecule has 88 valence electrons. The number of carboxylic acids is 1. The molecule has 1 unspecified atom stereocenters. The molecule has 0 saturated heterocycles. The fourth-order valence-electron chi connectivity index (χ4n) is 0.882. The highest BCUT2D eigenvalue weighted by atomic mass is 19.4. The van der Waals surface area contributed by atoms with Gasteiger partial charge in [0.2, 0.25) is 0 Å². The Morgan fingerprint density at radius 1 is 1.40 bits per heavy atom. The molecule has 0 aliphatic rings. The van der Waals surface area contributed by atoms with Crippen molar-refractivity contribution >= 4 is 11.9 Å². The van der Waals surface area contributed by atoms with Gasteiger partial charge in [0, 0.05) is 13.6 Å². The first-order valence-electron chi connectivity index (χ1n) is 3.86. The zero-order valence-electron chi connectivity index (χ0n) is 7.78. The van der Waals surface area contributed by atoms with Crippen LogP contribution in [0.25, 0.3) is 0 Å². The zero-order chi connectivity index (χ0) is 12.2. The van der Waals surface area contributed by atoms with Gasteiger partial charge in [-0.3, -0.25) is 9.59 Å². The van der Waals surface area contributed by atoms with Crippen LogP contribution in [-0.4, -0.2) is 52.9 Å². The molecule has 0 spiro atoms. The smallest absolute Gasteiger partial charge is 0.471 e. The fourth-order valence-corrected chi connectivity index (χ4v) is 0.882. The number of carbonyl (C=O) groups is 2. The minimum Gasteiger partial charge on any atom is -0.481 e. The Bertz CT molecular complexity index is 253. The summed E-state index contributed by atoms with van der Waals surface area (Å²) in [4.78, 5) is 20.8. The van der Waals surface area contributed by atoms with Crippen molar-refractivity contribution in [2.45, 2.75) is 18.7 Å². The van der Waals surface area contributed by atoms with Crippen molar-refractivity contribution < 1.29 is 33.0 Å². The minimum atomic E-state index is -5.02. The normalized spacial score (nSPS) is 13.4. The maximum absolute atomic E-state index is 11.8. The second kappa shape index (κ2) is 4.96. The maximum Gasteiger partial charge on any atom is 0.471 e. The van der Waals surface area contributed by atoms with Crippen LogP contribution >= 0.6 is 0 Å². The van der Waals surface area contributed by atoms with Gasteiger partial charge in [0.25, 0.3) is 0 Å². The first-order valence-corrected chi connectivity index (χ1v) is 3.86. The number of aliphatic hydroxyl groups excluding tert-OH is 1. The lowest BCUT2D eigenvalue weighted by molar-refractivity contribution is -0.185. The summed E-state index contributed by atoms with van der Waals surface area (Å²) < 4.78 is 35.5. The second-order valence-electron chi connectivity index (χ2n) is 2.94. The Morgan fingerprint density at radius 2 is 1.87 bits per heavy atom. The number of halogens is 3. The van der Waals surface area contributed by atoms with Crippen LogP contribution in [0.2, 0.25) is 0 Å². The highest BCUT2D eigenvalue weighted by Crippen LogP contribution is 2.17. The Morgan fingerprint density at radius 3 is 2.20 bits per heavy atom.